The molecule has 1 saturated heterocycles. The fourth-order valence-corrected chi connectivity index (χ4v) is 2.17. The van der Waals surface area contributed by atoms with Crippen molar-refractivity contribution >= 4 is 0 Å². The predicted molar refractivity (Wildman–Crippen MR) is 70.2 cm³/mol. The highest BCUT2D eigenvalue weighted by Gasteiger charge is 2.30. The highest BCUT2D eigenvalue weighted by Crippen LogP contribution is 2.21. The molecule has 3 nitrogen and oxygen atoms in total. The van der Waals surface area contributed by atoms with Crippen LogP contribution >= 0.6 is 0 Å². The van der Waals surface area contributed by atoms with Gasteiger partial charge in [0.25, 0.3) is 0 Å². The number of hydrogen-bond acceptors (Lipinski definition) is 3. The van der Waals surface area contributed by atoms with E-state index in [4.69, 9.17) is 14.2 Å². The Labute approximate surface area is 113 Å². The molecular formula is C15H21FO3. The molecule has 1 fully saturated rings. The maximum Gasteiger partial charge on any atom is 0.157 e. The smallest absolute Gasteiger partial charge is 0.157 e. The molecule has 0 amide bonds. The van der Waals surface area contributed by atoms with Crippen LogP contribution in [-0.2, 0) is 20.8 Å². The van der Waals surface area contributed by atoms with Crippen LogP contribution in [0.15, 0.2) is 24.3 Å². The molecule has 4 heteroatoms. The quantitative estimate of drug-likeness (QED) is 0.820. The highest BCUT2D eigenvalue weighted by atomic mass is 19.1. The maximum absolute atomic E-state index is 13.5. The monoisotopic (exact) mass is 268 g/mol. The molecule has 3 atom stereocenters. The fourth-order valence-electron chi connectivity index (χ4n) is 2.17. The molecule has 1 aliphatic heterocycles. The van der Waals surface area contributed by atoms with E-state index in [1.807, 2.05) is 6.92 Å². The van der Waals surface area contributed by atoms with Gasteiger partial charge in [-0.2, -0.15) is 0 Å². The topological polar surface area (TPSA) is 27.7 Å². The van der Waals surface area contributed by atoms with Gasteiger partial charge in [-0.05, 0) is 18.9 Å². The summed E-state index contributed by atoms with van der Waals surface area (Å²) in [6, 6.07) is 6.65. The van der Waals surface area contributed by atoms with Crippen LogP contribution in [0.3, 0.4) is 0 Å². The van der Waals surface area contributed by atoms with Crippen molar-refractivity contribution in [3.63, 3.8) is 0 Å². The van der Waals surface area contributed by atoms with Crippen LogP contribution < -0.4 is 0 Å². The minimum absolute atomic E-state index is 0.0190. The van der Waals surface area contributed by atoms with Crippen LogP contribution in [0, 0.1) is 5.82 Å². The van der Waals surface area contributed by atoms with Crippen molar-refractivity contribution in [3.05, 3.63) is 35.6 Å². The van der Waals surface area contributed by atoms with E-state index in [1.54, 1.807) is 18.2 Å². The molecule has 0 bridgehead atoms. The van der Waals surface area contributed by atoms with E-state index in [0.29, 0.717) is 12.2 Å². The molecule has 106 valence electrons. The Hall–Kier alpha value is -0.970. The largest absolute Gasteiger partial charge is 0.368 e. The Kier molecular flexibility index (Phi) is 5.31. The molecule has 1 aliphatic rings. The van der Waals surface area contributed by atoms with Crippen molar-refractivity contribution in [2.45, 2.75) is 51.8 Å². The third-order valence-electron chi connectivity index (χ3n) is 3.33. The summed E-state index contributed by atoms with van der Waals surface area (Å²) in [5, 5.41) is 0. The van der Waals surface area contributed by atoms with Crippen molar-refractivity contribution < 1.29 is 18.6 Å². The molecule has 1 heterocycles. The van der Waals surface area contributed by atoms with Crippen LogP contribution in [0.25, 0.3) is 0 Å². The molecule has 0 spiro atoms. The lowest BCUT2D eigenvalue weighted by molar-refractivity contribution is -0.263. The van der Waals surface area contributed by atoms with Crippen molar-refractivity contribution in [2.75, 3.05) is 6.61 Å². The van der Waals surface area contributed by atoms with Gasteiger partial charge in [-0.15, -0.1) is 0 Å². The van der Waals surface area contributed by atoms with Crippen LogP contribution in [0.5, 0.6) is 0 Å². The summed E-state index contributed by atoms with van der Waals surface area (Å²) in [5.74, 6) is -0.236. The van der Waals surface area contributed by atoms with E-state index in [9.17, 15) is 4.39 Å². The lowest BCUT2D eigenvalue weighted by Gasteiger charge is -2.35. The van der Waals surface area contributed by atoms with Gasteiger partial charge in [0.15, 0.2) is 6.29 Å². The third-order valence-corrected chi connectivity index (χ3v) is 3.33. The molecule has 19 heavy (non-hydrogen) atoms. The first kappa shape index (κ1) is 14.4. The first-order valence-corrected chi connectivity index (χ1v) is 6.86. The molecule has 0 N–H and O–H groups in total. The SMILES string of the molecule is CC[C@H]1OC[C@@H](OCc2ccccc2F)[C@@H](CC)O1. The van der Waals surface area contributed by atoms with Crippen LogP contribution in [0.4, 0.5) is 4.39 Å². The summed E-state index contributed by atoms with van der Waals surface area (Å²) in [6.45, 7) is 4.84. The summed E-state index contributed by atoms with van der Waals surface area (Å²) in [5.41, 5.74) is 0.565. The second kappa shape index (κ2) is 6.98. The number of halogens is 1. The average Bonchev–Trinajstić information content (AvgIpc) is 2.46. The Bertz CT molecular complexity index is 397. The molecular weight excluding hydrogens is 247 g/mol. The van der Waals surface area contributed by atoms with Gasteiger partial charge in [-0.1, -0.05) is 32.0 Å². The molecule has 0 unspecified atom stereocenters. The molecule has 0 radical (unpaired) electrons. The zero-order valence-corrected chi connectivity index (χ0v) is 11.5. The standard InChI is InChI=1S/C15H21FO3/c1-3-13-14(10-18-15(4-2)19-13)17-9-11-7-5-6-8-12(11)16/h5-8,13-15H,3-4,9-10H2,1-2H3/t13-,14-,15+/m1/s1. The van der Waals surface area contributed by atoms with Crippen molar-refractivity contribution in [2.24, 2.45) is 0 Å². The summed E-state index contributed by atoms with van der Waals surface area (Å²) in [6.07, 6.45) is 1.44. The molecule has 1 aromatic carbocycles. The lowest BCUT2D eigenvalue weighted by Crippen LogP contribution is -2.44. The Morgan fingerprint density at radius 1 is 1.26 bits per heavy atom. The van der Waals surface area contributed by atoms with E-state index in [-0.39, 0.29) is 30.9 Å². The van der Waals surface area contributed by atoms with Crippen LogP contribution in [-0.4, -0.2) is 25.1 Å². The number of rotatable bonds is 5. The zero-order valence-electron chi connectivity index (χ0n) is 11.5. The Balaban J connectivity index is 1.90. The Morgan fingerprint density at radius 2 is 2.05 bits per heavy atom. The van der Waals surface area contributed by atoms with E-state index in [1.165, 1.54) is 6.07 Å². The first-order valence-electron chi connectivity index (χ1n) is 6.86. The van der Waals surface area contributed by atoms with Crippen LogP contribution in [0.1, 0.15) is 32.3 Å². The van der Waals surface area contributed by atoms with E-state index < -0.39 is 0 Å². The zero-order chi connectivity index (χ0) is 13.7. The van der Waals surface area contributed by atoms with Crippen molar-refractivity contribution in [3.8, 4) is 0 Å². The number of hydrogen-bond donors (Lipinski definition) is 0. The van der Waals surface area contributed by atoms with Gasteiger partial charge in [0.2, 0.25) is 0 Å². The predicted octanol–water partition coefficient (Wildman–Crippen LogP) is 3.27. The van der Waals surface area contributed by atoms with Gasteiger partial charge in [0.1, 0.15) is 11.9 Å². The van der Waals surface area contributed by atoms with Gasteiger partial charge in [-0.25, -0.2) is 4.39 Å². The van der Waals surface area contributed by atoms with Crippen molar-refractivity contribution in [1.29, 1.82) is 0 Å². The number of benzene rings is 1. The second-order valence-corrected chi connectivity index (χ2v) is 4.69. The molecule has 1 aromatic rings. The van der Waals surface area contributed by atoms with Gasteiger partial charge >= 0.3 is 0 Å². The van der Waals surface area contributed by atoms with Gasteiger partial charge in [0.05, 0.1) is 19.3 Å². The van der Waals surface area contributed by atoms with Crippen molar-refractivity contribution in [1.82, 2.24) is 0 Å². The molecule has 0 aromatic heterocycles. The van der Waals surface area contributed by atoms with Gasteiger partial charge in [-0.3, -0.25) is 0 Å². The normalized spacial score (nSPS) is 27.4. The van der Waals surface area contributed by atoms with Crippen LogP contribution in [0.2, 0.25) is 0 Å². The summed E-state index contributed by atoms with van der Waals surface area (Å²) in [7, 11) is 0. The highest BCUT2D eigenvalue weighted by molar-refractivity contribution is 5.16. The third kappa shape index (κ3) is 3.75. The second-order valence-electron chi connectivity index (χ2n) is 4.69. The van der Waals surface area contributed by atoms with E-state index in [2.05, 4.69) is 6.92 Å². The van der Waals surface area contributed by atoms with E-state index >= 15 is 0 Å². The van der Waals surface area contributed by atoms with Gasteiger partial charge < -0.3 is 14.2 Å². The summed E-state index contributed by atoms with van der Waals surface area (Å²) >= 11 is 0. The Morgan fingerprint density at radius 3 is 2.74 bits per heavy atom. The number of ether oxygens (including phenoxy) is 3. The summed E-state index contributed by atoms with van der Waals surface area (Å²) in [4.78, 5) is 0. The average molecular weight is 268 g/mol. The first-order chi connectivity index (χ1) is 9.24. The molecule has 2 rings (SSSR count). The minimum Gasteiger partial charge on any atom is -0.368 e. The molecule has 0 saturated carbocycles. The fraction of sp³-hybridized carbons (Fsp3) is 0.600. The summed E-state index contributed by atoms with van der Waals surface area (Å²) < 4.78 is 30.6. The maximum atomic E-state index is 13.5. The van der Waals surface area contributed by atoms with Gasteiger partial charge in [0, 0.05) is 5.56 Å². The van der Waals surface area contributed by atoms with E-state index in [0.717, 1.165) is 12.8 Å². The molecule has 0 aliphatic carbocycles. The minimum atomic E-state index is -0.236. The lowest BCUT2D eigenvalue weighted by atomic mass is 10.1.